The number of nitrogens with one attached hydrogen (secondary N) is 1. The van der Waals surface area contributed by atoms with Crippen molar-refractivity contribution in [2.24, 2.45) is 5.73 Å². The van der Waals surface area contributed by atoms with Gasteiger partial charge in [0, 0.05) is 17.6 Å². The van der Waals surface area contributed by atoms with Gasteiger partial charge in [-0.2, -0.15) is 0 Å². The van der Waals surface area contributed by atoms with E-state index in [2.05, 4.69) is 19.2 Å². The number of hydrogen-bond acceptors (Lipinski definition) is 7. The van der Waals surface area contributed by atoms with Crippen molar-refractivity contribution >= 4 is 17.3 Å². The zero-order valence-corrected chi connectivity index (χ0v) is 19.5. The van der Waals surface area contributed by atoms with Crippen molar-refractivity contribution in [2.45, 2.75) is 31.9 Å². The van der Waals surface area contributed by atoms with Gasteiger partial charge in [-0.15, -0.1) is 0 Å². The highest BCUT2D eigenvalue weighted by atomic mass is 16.5. The summed E-state index contributed by atoms with van der Waals surface area (Å²) in [6.45, 7) is 4.60. The number of amides is 1. The normalized spacial score (nSPS) is 12.2. The van der Waals surface area contributed by atoms with Crippen molar-refractivity contribution in [1.29, 1.82) is 0 Å². The highest BCUT2D eigenvalue weighted by Gasteiger charge is 2.20. The molecule has 0 saturated carbocycles. The molecule has 0 spiro atoms. The van der Waals surface area contributed by atoms with Gasteiger partial charge in [-0.25, -0.2) is 0 Å². The number of aliphatic hydroxyl groups excluding tert-OH is 1. The van der Waals surface area contributed by atoms with Crippen LogP contribution in [0, 0.1) is 0 Å². The maximum atomic E-state index is 11.2. The van der Waals surface area contributed by atoms with Gasteiger partial charge in [0.15, 0.2) is 0 Å². The van der Waals surface area contributed by atoms with Crippen LogP contribution < -0.4 is 32.0 Å². The average molecular weight is 465 g/mol. The van der Waals surface area contributed by atoms with Gasteiger partial charge in [0.25, 0.3) is 0 Å². The van der Waals surface area contributed by atoms with Gasteiger partial charge >= 0.3 is 0 Å². The van der Waals surface area contributed by atoms with Crippen molar-refractivity contribution < 1.29 is 19.4 Å². The molecule has 1 atom stereocenters. The lowest BCUT2D eigenvalue weighted by Crippen LogP contribution is -2.46. The Morgan fingerprint density at radius 1 is 1.00 bits per heavy atom. The predicted octanol–water partition coefficient (Wildman–Crippen LogP) is 3.09. The minimum absolute atomic E-state index is 0.100. The summed E-state index contributed by atoms with van der Waals surface area (Å²) in [4.78, 5) is 11.2. The van der Waals surface area contributed by atoms with E-state index in [1.54, 1.807) is 42.5 Å². The van der Waals surface area contributed by atoms with Crippen LogP contribution in [0.15, 0.2) is 66.7 Å². The van der Waals surface area contributed by atoms with Crippen molar-refractivity contribution in [3.8, 4) is 17.2 Å². The molecular formula is C26H32N4O4. The Bertz CT molecular complexity index is 1100. The third kappa shape index (κ3) is 7.13. The summed E-state index contributed by atoms with van der Waals surface area (Å²) >= 11 is 0. The zero-order valence-electron chi connectivity index (χ0n) is 19.5. The average Bonchev–Trinajstić information content (AvgIpc) is 2.80. The third-order valence-corrected chi connectivity index (χ3v) is 5.29. The second-order valence-corrected chi connectivity index (χ2v) is 8.80. The number of anilines is 2. The van der Waals surface area contributed by atoms with Crippen LogP contribution in [0.25, 0.3) is 0 Å². The van der Waals surface area contributed by atoms with Crippen LogP contribution in [0.1, 0.15) is 29.8 Å². The quantitative estimate of drug-likeness (QED) is 0.274. The molecule has 0 aromatic heterocycles. The first kappa shape index (κ1) is 24.9. The van der Waals surface area contributed by atoms with E-state index in [1.165, 1.54) is 0 Å². The van der Waals surface area contributed by atoms with E-state index >= 15 is 0 Å². The molecule has 0 heterocycles. The highest BCUT2D eigenvalue weighted by molar-refractivity contribution is 5.92. The topological polar surface area (TPSA) is 146 Å². The molecule has 1 unspecified atom stereocenters. The molecular weight excluding hydrogens is 432 g/mol. The van der Waals surface area contributed by atoms with Gasteiger partial charge in [0.05, 0.1) is 11.4 Å². The number of carbonyl (C=O) groups excluding carboxylic acids is 1. The molecule has 34 heavy (non-hydrogen) atoms. The number of rotatable bonds is 11. The molecule has 0 fully saturated rings. The molecule has 0 aliphatic carbocycles. The molecule has 3 rings (SSSR count). The Morgan fingerprint density at radius 3 is 2.24 bits per heavy atom. The van der Waals surface area contributed by atoms with E-state index in [4.69, 9.17) is 26.7 Å². The van der Waals surface area contributed by atoms with Crippen LogP contribution in [0.5, 0.6) is 17.2 Å². The number of benzene rings is 3. The van der Waals surface area contributed by atoms with Crippen molar-refractivity contribution in [2.75, 3.05) is 24.6 Å². The van der Waals surface area contributed by atoms with Gasteiger partial charge in [-0.1, -0.05) is 18.2 Å². The zero-order chi connectivity index (χ0) is 24.7. The number of nitrogen functional groups attached to an aromatic ring is 2. The van der Waals surface area contributed by atoms with Crippen LogP contribution in [-0.2, 0) is 6.42 Å². The van der Waals surface area contributed by atoms with Gasteiger partial charge in [0.1, 0.15) is 30.0 Å². The third-order valence-electron chi connectivity index (χ3n) is 5.29. The molecule has 180 valence electrons. The van der Waals surface area contributed by atoms with Crippen LogP contribution in [0.3, 0.4) is 0 Å². The summed E-state index contributed by atoms with van der Waals surface area (Å²) in [5.41, 5.74) is 19.0. The molecule has 0 bridgehead atoms. The number of aliphatic hydroxyl groups is 1. The van der Waals surface area contributed by atoms with Gasteiger partial charge < -0.3 is 37.1 Å². The van der Waals surface area contributed by atoms with Crippen molar-refractivity contribution in [1.82, 2.24) is 5.32 Å². The van der Waals surface area contributed by atoms with Crippen LogP contribution in [0.2, 0.25) is 0 Å². The summed E-state index contributed by atoms with van der Waals surface area (Å²) in [7, 11) is 0. The van der Waals surface area contributed by atoms with Gasteiger partial charge in [0.2, 0.25) is 5.91 Å². The van der Waals surface area contributed by atoms with Crippen molar-refractivity contribution in [3.63, 3.8) is 0 Å². The largest absolute Gasteiger partial charge is 0.489 e. The Labute approximate surface area is 199 Å². The fourth-order valence-electron chi connectivity index (χ4n) is 3.40. The second kappa shape index (κ2) is 10.9. The summed E-state index contributed by atoms with van der Waals surface area (Å²) in [6, 6.07) is 19.6. The summed E-state index contributed by atoms with van der Waals surface area (Å²) in [6.07, 6.45) is 0.0351. The Balaban J connectivity index is 1.47. The summed E-state index contributed by atoms with van der Waals surface area (Å²) < 4.78 is 11.4. The maximum absolute atomic E-state index is 11.2. The molecule has 3 aromatic carbocycles. The minimum Gasteiger partial charge on any atom is -0.489 e. The standard InChI is InChI=1S/C26H32N4O4/c1-26(2,30-15-19(31)16-33-23-5-3-4-22(27)24(23)28)14-17-6-10-20(11-7-17)34-21-12-8-18(9-13-21)25(29)32/h3-13,19,30-31H,14-16,27-28H2,1-2H3,(H2,29,32). The van der Waals surface area contributed by atoms with E-state index in [0.717, 1.165) is 12.0 Å². The maximum Gasteiger partial charge on any atom is 0.248 e. The van der Waals surface area contributed by atoms with Crippen LogP contribution >= 0.6 is 0 Å². The fourth-order valence-corrected chi connectivity index (χ4v) is 3.40. The lowest BCUT2D eigenvalue weighted by atomic mass is 9.94. The summed E-state index contributed by atoms with van der Waals surface area (Å²) in [5.74, 6) is 1.30. The lowest BCUT2D eigenvalue weighted by molar-refractivity contribution is 0.0992. The van der Waals surface area contributed by atoms with E-state index in [9.17, 15) is 9.90 Å². The van der Waals surface area contributed by atoms with E-state index < -0.39 is 12.0 Å². The molecule has 3 aromatic rings. The molecule has 0 aliphatic rings. The fraction of sp³-hybridized carbons (Fsp3) is 0.269. The number of nitrogens with two attached hydrogens (primary N) is 3. The monoisotopic (exact) mass is 464 g/mol. The number of β-amino-alcohol motifs (C(OH)–C–C–N with tert-alkyl or cyclic N) is 1. The Hall–Kier alpha value is -3.75. The van der Waals surface area contributed by atoms with Crippen molar-refractivity contribution in [3.05, 3.63) is 77.9 Å². The van der Waals surface area contributed by atoms with Crippen LogP contribution in [-0.4, -0.2) is 35.8 Å². The number of para-hydroxylation sites is 1. The first-order valence-corrected chi connectivity index (χ1v) is 11.0. The molecule has 8 N–H and O–H groups in total. The second-order valence-electron chi connectivity index (χ2n) is 8.80. The molecule has 0 radical (unpaired) electrons. The number of ether oxygens (including phenoxy) is 2. The molecule has 0 aliphatic heterocycles. The lowest BCUT2D eigenvalue weighted by Gasteiger charge is -2.28. The number of hydrogen-bond donors (Lipinski definition) is 5. The molecule has 1 amide bonds. The number of primary amides is 1. The summed E-state index contributed by atoms with van der Waals surface area (Å²) in [5, 5.41) is 13.7. The SMILES string of the molecule is CC(C)(Cc1ccc(Oc2ccc(C(N)=O)cc2)cc1)NCC(O)COc1cccc(N)c1N. The Kier molecular flexibility index (Phi) is 7.99. The first-order valence-electron chi connectivity index (χ1n) is 11.0. The molecule has 0 saturated heterocycles. The van der Waals surface area contributed by atoms with Gasteiger partial charge in [-0.3, -0.25) is 4.79 Å². The molecule has 8 heteroatoms. The number of carbonyl (C=O) groups is 1. The van der Waals surface area contributed by atoms with E-state index in [0.29, 0.717) is 40.7 Å². The first-order chi connectivity index (χ1) is 16.1. The van der Waals surface area contributed by atoms with E-state index in [-0.39, 0.29) is 12.1 Å². The minimum atomic E-state index is -0.711. The van der Waals surface area contributed by atoms with Crippen LogP contribution in [0.4, 0.5) is 11.4 Å². The predicted molar refractivity (Wildman–Crippen MR) is 134 cm³/mol. The van der Waals surface area contributed by atoms with E-state index in [1.807, 2.05) is 24.3 Å². The highest BCUT2D eigenvalue weighted by Crippen LogP contribution is 2.27. The smallest absolute Gasteiger partial charge is 0.248 e. The molecule has 8 nitrogen and oxygen atoms in total. The Morgan fingerprint density at radius 2 is 1.62 bits per heavy atom. The van der Waals surface area contributed by atoms with Gasteiger partial charge in [-0.05, 0) is 74.4 Å².